The van der Waals surface area contributed by atoms with E-state index in [9.17, 15) is 0 Å². The van der Waals surface area contributed by atoms with Crippen LogP contribution < -0.4 is 5.32 Å². The van der Waals surface area contributed by atoms with E-state index >= 15 is 0 Å². The zero-order chi connectivity index (χ0) is 9.42. The van der Waals surface area contributed by atoms with Crippen LogP contribution in [0.15, 0.2) is 24.3 Å². The summed E-state index contributed by atoms with van der Waals surface area (Å²) in [7, 11) is 0. The van der Waals surface area contributed by atoms with E-state index in [0.717, 1.165) is 0 Å². The molecule has 1 heteroatoms. The summed E-state index contributed by atoms with van der Waals surface area (Å²) in [4.78, 5) is 0. The second-order valence-electron chi connectivity index (χ2n) is 3.83. The molecule has 1 nitrogen and oxygen atoms in total. The topological polar surface area (TPSA) is 12.0 Å². The van der Waals surface area contributed by atoms with Crippen molar-refractivity contribution < 1.29 is 0 Å². The molecule has 1 aliphatic heterocycles. The first kappa shape index (κ1) is 8.36. The first-order valence-electron chi connectivity index (χ1n) is 4.73. The number of hydrogen-bond acceptors (Lipinski definition) is 1. The van der Waals surface area contributed by atoms with Gasteiger partial charge in [-0.15, -0.1) is 0 Å². The molecule has 1 aromatic carbocycles. The summed E-state index contributed by atoms with van der Waals surface area (Å²) in [6, 6.07) is 7.00. The lowest BCUT2D eigenvalue weighted by Gasteiger charge is -2.22. The smallest absolute Gasteiger partial charge is 0.0422 e. The number of aryl methyl sites for hydroxylation is 1. The Hall–Kier alpha value is -1.24. The molecule has 1 aliphatic rings. The Morgan fingerprint density at radius 1 is 1.23 bits per heavy atom. The van der Waals surface area contributed by atoms with Gasteiger partial charge in [-0.3, -0.25) is 0 Å². The van der Waals surface area contributed by atoms with Gasteiger partial charge in [0.15, 0.2) is 0 Å². The average molecular weight is 173 g/mol. The molecule has 0 amide bonds. The first-order chi connectivity index (χ1) is 6.16. The van der Waals surface area contributed by atoms with E-state index in [1.807, 2.05) is 0 Å². The number of hydrogen-bond donors (Lipinski definition) is 1. The molecule has 0 aromatic heterocycles. The van der Waals surface area contributed by atoms with E-state index in [4.69, 9.17) is 0 Å². The molecule has 1 atom stereocenters. The highest BCUT2D eigenvalue weighted by Gasteiger charge is 2.12. The van der Waals surface area contributed by atoms with Gasteiger partial charge in [0, 0.05) is 17.3 Å². The van der Waals surface area contributed by atoms with Gasteiger partial charge in [0.2, 0.25) is 0 Å². The molecule has 2 rings (SSSR count). The standard InChI is InChI=1S/C12H15N/c1-8-4-5-12-11(6-8)9(2)7-10(3)13-12/h4-7,10,13H,1-3H3. The Bertz CT molecular complexity index is 363. The predicted octanol–water partition coefficient (Wildman–Crippen LogP) is 3.21. The third kappa shape index (κ3) is 1.46. The zero-order valence-corrected chi connectivity index (χ0v) is 8.39. The normalized spacial score (nSPS) is 20.2. The highest BCUT2D eigenvalue weighted by Crippen LogP contribution is 2.29. The van der Waals surface area contributed by atoms with Crippen LogP contribution in [-0.4, -0.2) is 6.04 Å². The molecule has 0 spiro atoms. The minimum Gasteiger partial charge on any atom is -0.379 e. The van der Waals surface area contributed by atoms with Crippen molar-refractivity contribution in [3.05, 3.63) is 35.4 Å². The van der Waals surface area contributed by atoms with Gasteiger partial charge in [0.05, 0.1) is 0 Å². The molecule has 0 saturated carbocycles. The lowest BCUT2D eigenvalue weighted by atomic mass is 9.97. The Morgan fingerprint density at radius 2 is 2.00 bits per heavy atom. The Morgan fingerprint density at radius 3 is 2.77 bits per heavy atom. The van der Waals surface area contributed by atoms with E-state index < -0.39 is 0 Å². The molecule has 68 valence electrons. The molecular weight excluding hydrogens is 158 g/mol. The van der Waals surface area contributed by atoms with E-state index in [2.05, 4.69) is 50.4 Å². The zero-order valence-electron chi connectivity index (χ0n) is 8.39. The van der Waals surface area contributed by atoms with Gasteiger partial charge in [0.1, 0.15) is 0 Å². The van der Waals surface area contributed by atoms with E-state index in [1.54, 1.807) is 0 Å². The largest absolute Gasteiger partial charge is 0.379 e. The Balaban J connectivity index is 2.54. The summed E-state index contributed by atoms with van der Waals surface area (Å²) in [5, 5.41) is 3.44. The second-order valence-corrected chi connectivity index (χ2v) is 3.83. The minimum atomic E-state index is 0.454. The van der Waals surface area contributed by atoms with Crippen molar-refractivity contribution in [1.29, 1.82) is 0 Å². The number of benzene rings is 1. The van der Waals surface area contributed by atoms with Gasteiger partial charge in [0.25, 0.3) is 0 Å². The molecular formula is C12H15N. The van der Waals surface area contributed by atoms with Crippen molar-refractivity contribution in [2.24, 2.45) is 0 Å². The van der Waals surface area contributed by atoms with Crippen LogP contribution in [0.1, 0.15) is 25.0 Å². The van der Waals surface area contributed by atoms with Crippen molar-refractivity contribution in [3.63, 3.8) is 0 Å². The highest BCUT2D eigenvalue weighted by atomic mass is 14.9. The van der Waals surface area contributed by atoms with Crippen LogP contribution in [0, 0.1) is 6.92 Å². The van der Waals surface area contributed by atoms with Crippen molar-refractivity contribution >= 4 is 11.3 Å². The lowest BCUT2D eigenvalue weighted by molar-refractivity contribution is 0.983. The maximum atomic E-state index is 3.44. The molecule has 0 fully saturated rings. The van der Waals surface area contributed by atoms with E-state index in [-0.39, 0.29) is 0 Å². The maximum absolute atomic E-state index is 3.44. The Kier molecular flexibility index (Phi) is 1.87. The van der Waals surface area contributed by atoms with E-state index in [0.29, 0.717) is 6.04 Å². The van der Waals surface area contributed by atoms with Crippen LogP contribution in [0.25, 0.3) is 5.57 Å². The van der Waals surface area contributed by atoms with Gasteiger partial charge < -0.3 is 5.32 Å². The number of fused-ring (bicyclic) bond motifs is 1. The fourth-order valence-corrected chi connectivity index (χ4v) is 1.86. The molecule has 0 aliphatic carbocycles. The van der Waals surface area contributed by atoms with Gasteiger partial charge in [-0.05, 0) is 38.5 Å². The third-order valence-corrected chi connectivity index (χ3v) is 2.48. The third-order valence-electron chi connectivity index (χ3n) is 2.48. The number of rotatable bonds is 0. The van der Waals surface area contributed by atoms with Gasteiger partial charge in [-0.25, -0.2) is 0 Å². The van der Waals surface area contributed by atoms with Crippen LogP contribution in [0.4, 0.5) is 5.69 Å². The maximum Gasteiger partial charge on any atom is 0.0422 e. The molecule has 0 radical (unpaired) electrons. The van der Waals surface area contributed by atoms with Crippen molar-refractivity contribution in [2.75, 3.05) is 5.32 Å². The molecule has 1 heterocycles. The van der Waals surface area contributed by atoms with Gasteiger partial charge in [-0.2, -0.15) is 0 Å². The van der Waals surface area contributed by atoms with Crippen molar-refractivity contribution in [1.82, 2.24) is 0 Å². The predicted molar refractivity (Wildman–Crippen MR) is 57.9 cm³/mol. The fourth-order valence-electron chi connectivity index (χ4n) is 1.86. The monoisotopic (exact) mass is 173 g/mol. The molecule has 13 heavy (non-hydrogen) atoms. The molecule has 1 unspecified atom stereocenters. The van der Waals surface area contributed by atoms with Crippen LogP contribution in [-0.2, 0) is 0 Å². The fraction of sp³-hybridized carbons (Fsp3) is 0.333. The molecule has 0 bridgehead atoms. The number of allylic oxidation sites excluding steroid dienone is 1. The second kappa shape index (κ2) is 2.91. The van der Waals surface area contributed by atoms with Crippen LogP contribution in [0.3, 0.4) is 0 Å². The van der Waals surface area contributed by atoms with Gasteiger partial charge >= 0.3 is 0 Å². The Labute approximate surface area is 79.5 Å². The van der Waals surface area contributed by atoms with Gasteiger partial charge in [-0.1, -0.05) is 17.7 Å². The summed E-state index contributed by atoms with van der Waals surface area (Å²) in [6.07, 6.45) is 2.27. The summed E-state index contributed by atoms with van der Waals surface area (Å²) < 4.78 is 0. The average Bonchev–Trinajstić information content (AvgIpc) is 2.06. The summed E-state index contributed by atoms with van der Waals surface area (Å²) in [5.41, 5.74) is 5.31. The first-order valence-corrected chi connectivity index (χ1v) is 4.73. The molecule has 1 aromatic rings. The van der Waals surface area contributed by atoms with E-state index in [1.165, 1.54) is 22.4 Å². The summed E-state index contributed by atoms with van der Waals surface area (Å²) in [6.45, 7) is 6.48. The summed E-state index contributed by atoms with van der Waals surface area (Å²) in [5.74, 6) is 0. The summed E-state index contributed by atoms with van der Waals surface area (Å²) >= 11 is 0. The van der Waals surface area contributed by atoms with Crippen LogP contribution >= 0.6 is 0 Å². The minimum absolute atomic E-state index is 0.454. The van der Waals surface area contributed by atoms with Crippen molar-refractivity contribution in [3.8, 4) is 0 Å². The quantitative estimate of drug-likeness (QED) is 0.635. The van der Waals surface area contributed by atoms with Crippen LogP contribution in [0.2, 0.25) is 0 Å². The molecule has 1 N–H and O–H groups in total. The lowest BCUT2D eigenvalue weighted by Crippen LogP contribution is -2.17. The number of nitrogens with one attached hydrogen (secondary N) is 1. The molecule has 0 saturated heterocycles. The van der Waals surface area contributed by atoms with Crippen LogP contribution in [0.5, 0.6) is 0 Å². The highest BCUT2D eigenvalue weighted by molar-refractivity contribution is 5.79. The van der Waals surface area contributed by atoms with Crippen molar-refractivity contribution in [2.45, 2.75) is 26.8 Å². The number of anilines is 1. The SMILES string of the molecule is CC1=CC(C)Nc2ccc(C)cc21.